The fraction of sp³-hybridized carbons (Fsp3) is 0.700. The van der Waals surface area contributed by atoms with E-state index in [1.807, 2.05) is 0 Å². The van der Waals surface area contributed by atoms with Gasteiger partial charge in [-0.2, -0.15) is 0 Å². The van der Waals surface area contributed by atoms with E-state index < -0.39 is 23.9 Å². The second-order valence-corrected chi connectivity index (χ2v) is 4.28. The Morgan fingerprint density at radius 3 is 2.65 bits per heavy atom. The van der Waals surface area contributed by atoms with Gasteiger partial charge in [-0.3, -0.25) is 14.9 Å². The zero-order valence-corrected chi connectivity index (χ0v) is 10.2. The number of halogens is 1. The number of carbonyl (C=O) groups excluding carboxylic acids is 3. The van der Waals surface area contributed by atoms with Gasteiger partial charge in [0.1, 0.15) is 6.04 Å². The molecule has 0 spiro atoms. The van der Waals surface area contributed by atoms with Crippen LogP contribution in [-0.4, -0.2) is 41.2 Å². The van der Waals surface area contributed by atoms with Crippen molar-refractivity contribution in [2.75, 3.05) is 12.4 Å². The maximum absolute atomic E-state index is 11.7. The van der Waals surface area contributed by atoms with Crippen LogP contribution in [0.25, 0.3) is 0 Å². The summed E-state index contributed by atoms with van der Waals surface area (Å²) in [5.41, 5.74) is 5.22. The van der Waals surface area contributed by atoms with Crippen LogP contribution in [-0.2, 0) is 9.59 Å². The van der Waals surface area contributed by atoms with E-state index in [1.54, 1.807) is 0 Å². The largest absolute Gasteiger partial charge is 0.368 e. The highest BCUT2D eigenvalue weighted by molar-refractivity contribution is 6.19. The van der Waals surface area contributed by atoms with E-state index in [0.717, 1.165) is 12.8 Å². The normalized spacial score (nSPS) is 19.8. The minimum atomic E-state index is -0.618. The number of carbonyl (C=O) groups is 3. The van der Waals surface area contributed by atoms with Gasteiger partial charge in [0.15, 0.2) is 0 Å². The molecule has 0 bridgehead atoms. The number of urea groups is 1. The van der Waals surface area contributed by atoms with Crippen molar-refractivity contribution in [2.24, 2.45) is 5.73 Å². The summed E-state index contributed by atoms with van der Waals surface area (Å²) in [5.74, 6) is -0.832. The second-order valence-electron chi connectivity index (χ2n) is 3.90. The molecule has 0 aromatic rings. The maximum atomic E-state index is 11.7. The van der Waals surface area contributed by atoms with Crippen LogP contribution in [0.5, 0.6) is 0 Å². The van der Waals surface area contributed by atoms with Crippen molar-refractivity contribution in [1.29, 1.82) is 0 Å². The molecule has 0 aromatic carbocycles. The number of imide groups is 1. The molecule has 1 fully saturated rings. The molecule has 0 saturated carbocycles. The molecule has 4 amide bonds. The molecule has 1 unspecified atom stereocenters. The molecule has 7 heteroatoms. The molecule has 1 heterocycles. The Bertz CT molecular complexity index is 322. The second kappa shape index (κ2) is 6.44. The van der Waals surface area contributed by atoms with Gasteiger partial charge in [0.25, 0.3) is 0 Å². The van der Waals surface area contributed by atoms with Crippen molar-refractivity contribution in [3.63, 3.8) is 0 Å². The van der Waals surface area contributed by atoms with Gasteiger partial charge in [0.2, 0.25) is 11.8 Å². The quantitative estimate of drug-likeness (QED) is 0.711. The monoisotopic (exact) mass is 261 g/mol. The number of primary amides is 1. The summed E-state index contributed by atoms with van der Waals surface area (Å²) in [6.07, 6.45) is 2.28. The molecular weight excluding hydrogens is 246 g/mol. The summed E-state index contributed by atoms with van der Waals surface area (Å²) in [7, 11) is 0. The van der Waals surface area contributed by atoms with Crippen molar-refractivity contribution >= 4 is 29.4 Å². The summed E-state index contributed by atoms with van der Waals surface area (Å²) in [5, 5.41) is 2.19. The molecule has 3 N–H and O–H groups in total. The van der Waals surface area contributed by atoms with E-state index in [9.17, 15) is 14.4 Å². The Morgan fingerprint density at radius 1 is 1.35 bits per heavy atom. The molecule has 0 radical (unpaired) electrons. The van der Waals surface area contributed by atoms with Gasteiger partial charge >= 0.3 is 6.03 Å². The third-order valence-electron chi connectivity index (χ3n) is 2.66. The Kier molecular flexibility index (Phi) is 5.21. The van der Waals surface area contributed by atoms with Gasteiger partial charge in [-0.25, -0.2) is 4.79 Å². The van der Waals surface area contributed by atoms with Crippen molar-refractivity contribution in [3.8, 4) is 0 Å². The van der Waals surface area contributed by atoms with Crippen LogP contribution in [0.2, 0.25) is 0 Å². The standard InChI is InChI=1S/C10H16ClN3O3/c11-5-4-8(15)13-10(17)14-6-2-1-3-7(14)9(12)16/h7H,1-6H2,(H2,12,16)(H,13,15,17). The highest BCUT2D eigenvalue weighted by Gasteiger charge is 2.31. The van der Waals surface area contributed by atoms with Gasteiger partial charge in [0, 0.05) is 18.8 Å². The van der Waals surface area contributed by atoms with Gasteiger partial charge in [-0.15, -0.1) is 11.6 Å². The maximum Gasteiger partial charge on any atom is 0.324 e. The van der Waals surface area contributed by atoms with Crippen LogP contribution in [0.3, 0.4) is 0 Å². The predicted octanol–water partition coefficient (Wildman–Crippen LogP) is 0.191. The van der Waals surface area contributed by atoms with Crippen molar-refractivity contribution < 1.29 is 14.4 Å². The molecule has 1 saturated heterocycles. The molecule has 17 heavy (non-hydrogen) atoms. The van der Waals surface area contributed by atoms with E-state index in [2.05, 4.69) is 5.32 Å². The van der Waals surface area contributed by atoms with E-state index in [-0.39, 0.29) is 12.3 Å². The van der Waals surface area contributed by atoms with Crippen LogP contribution in [0, 0.1) is 0 Å². The predicted molar refractivity (Wildman–Crippen MR) is 62.4 cm³/mol. The van der Waals surface area contributed by atoms with E-state index >= 15 is 0 Å². The van der Waals surface area contributed by atoms with Crippen molar-refractivity contribution in [3.05, 3.63) is 0 Å². The third-order valence-corrected chi connectivity index (χ3v) is 2.85. The summed E-state index contributed by atoms with van der Waals surface area (Å²) >= 11 is 5.38. The number of alkyl halides is 1. The fourth-order valence-corrected chi connectivity index (χ4v) is 1.98. The first-order valence-corrected chi connectivity index (χ1v) is 6.05. The van der Waals surface area contributed by atoms with Crippen LogP contribution in [0.15, 0.2) is 0 Å². The Balaban J connectivity index is 2.59. The first-order chi connectivity index (χ1) is 8.06. The lowest BCUT2D eigenvalue weighted by molar-refractivity contribution is -0.124. The third kappa shape index (κ3) is 3.89. The zero-order valence-electron chi connectivity index (χ0n) is 9.45. The number of hydrogen-bond donors (Lipinski definition) is 2. The number of nitrogens with one attached hydrogen (secondary N) is 1. The number of piperidine rings is 1. The lowest BCUT2D eigenvalue weighted by atomic mass is 10.0. The first-order valence-electron chi connectivity index (χ1n) is 5.52. The molecule has 6 nitrogen and oxygen atoms in total. The Morgan fingerprint density at radius 2 is 2.06 bits per heavy atom. The Labute approximate surface area is 104 Å². The van der Waals surface area contributed by atoms with Gasteiger partial charge in [-0.05, 0) is 19.3 Å². The molecular formula is C10H16ClN3O3. The topological polar surface area (TPSA) is 92.5 Å². The molecule has 0 aliphatic carbocycles. The first kappa shape index (κ1) is 13.8. The summed E-state index contributed by atoms with van der Waals surface area (Å²) in [6.45, 7) is 0.438. The number of likely N-dealkylation sites (tertiary alicyclic amines) is 1. The van der Waals surface area contributed by atoms with Gasteiger partial charge in [-0.1, -0.05) is 0 Å². The van der Waals surface area contributed by atoms with Gasteiger partial charge in [0.05, 0.1) is 0 Å². The van der Waals surface area contributed by atoms with E-state index in [0.29, 0.717) is 13.0 Å². The number of nitrogens with zero attached hydrogens (tertiary/aromatic N) is 1. The minimum absolute atomic E-state index is 0.0718. The molecule has 1 atom stereocenters. The molecule has 1 aliphatic rings. The number of hydrogen-bond acceptors (Lipinski definition) is 3. The van der Waals surface area contributed by atoms with Gasteiger partial charge < -0.3 is 10.6 Å². The van der Waals surface area contributed by atoms with Crippen LogP contribution in [0.4, 0.5) is 4.79 Å². The lowest BCUT2D eigenvalue weighted by Crippen LogP contribution is -2.54. The highest BCUT2D eigenvalue weighted by atomic mass is 35.5. The highest BCUT2D eigenvalue weighted by Crippen LogP contribution is 2.16. The van der Waals surface area contributed by atoms with E-state index in [1.165, 1.54) is 4.90 Å². The molecule has 0 aromatic heterocycles. The lowest BCUT2D eigenvalue weighted by Gasteiger charge is -2.33. The summed E-state index contributed by atoms with van der Waals surface area (Å²) < 4.78 is 0. The van der Waals surface area contributed by atoms with Crippen molar-refractivity contribution in [2.45, 2.75) is 31.7 Å². The van der Waals surface area contributed by atoms with Crippen LogP contribution >= 0.6 is 11.6 Å². The van der Waals surface area contributed by atoms with Crippen molar-refractivity contribution in [1.82, 2.24) is 10.2 Å². The summed E-state index contributed by atoms with van der Waals surface area (Å²) in [6, 6.07) is -1.18. The minimum Gasteiger partial charge on any atom is -0.368 e. The molecule has 1 rings (SSSR count). The smallest absolute Gasteiger partial charge is 0.324 e. The number of rotatable bonds is 3. The number of amides is 4. The fourth-order valence-electron chi connectivity index (χ4n) is 1.81. The zero-order chi connectivity index (χ0) is 12.8. The molecule has 96 valence electrons. The van der Waals surface area contributed by atoms with Crippen LogP contribution < -0.4 is 11.1 Å². The molecule has 1 aliphatic heterocycles. The summed E-state index contributed by atoms with van der Waals surface area (Å²) in [4.78, 5) is 35.4. The van der Waals surface area contributed by atoms with E-state index in [4.69, 9.17) is 17.3 Å². The average Bonchev–Trinajstić information content (AvgIpc) is 2.29. The SMILES string of the molecule is NC(=O)C1CCCCN1C(=O)NC(=O)CCCl. The number of nitrogens with two attached hydrogens (primary N) is 1. The average molecular weight is 262 g/mol. The van der Waals surface area contributed by atoms with Crippen LogP contribution in [0.1, 0.15) is 25.7 Å². The Hall–Kier alpha value is -1.30.